The van der Waals surface area contributed by atoms with Gasteiger partial charge in [-0.15, -0.1) is 0 Å². The van der Waals surface area contributed by atoms with E-state index in [2.05, 4.69) is 31.5 Å². The van der Waals surface area contributed by atoms with Gasteiger partial charge in [0.15, 0.2) is 0 Å². The topological polar surface area (TPSA) is 53.4 Å². The Balaban J connectivity index is 2.16. The Morgan fingerprint density at radius 2 is 2.15 bits per heavy atom. The number of aromatic nitrogens is 1. The largest absolute Gasteiger partial charge is 0.393 e. The zero-order chi connectivity index (χ0) is 14.8. The van der Waals surface area contributed by atoms with Crippen LogP contribution in [0, 0.1) is 0 Å². The van der Waals surface area contributed by atoms with Crippen molar-refractivity contribution in [3.8, 4) is 0 Å². The molecule has 5 heteroatoms. The zero-order valence-corrected chi connectivity index (χ0v) is 12.9. The van der Waals surface area contributed by atoms with Gasteiger partial charge in [-0.25, -0.2) is 0 Å². The number of thiol groups is 1. The van der Waals surface area contributed by atoms with Gasteiger partial charge in [0, 0.05) is 41.7 Å². The maximum atomic E-state index is 12.5. The molecular weight excluding hydrogens is 272 g/mol. The summed E-state index contributed by atoms with van der Waals surface area (Å²) < 4.78 is 0. The second-order valence-corrected chi connectivity index (χ2v) is 6.31. The number of aliphatic hydroxyl groups is 1. The highest BCUT2D eigenvalue weighted by molar-refractivity contribution is 7.80. The van der Waals surface area contributed by atoms with Crippen LogP contribution in [-0.4, -0.2) is 45.8 Å². The Kier molecular flexibility index (Phi) is 4.70. The molecule has 0 aromatic carbocycles. The van der Waals surface area contributed by atoms with Gasteiger partial charge in [0.2, 0.25) is 0 Å². The fourth-order valence-electron chi connectivity index (χ4n) is 2.27. The van der Waals surface area contributed by atoms with Crippen molar-refractivity contribution in [2.75, 3.05) is 18.8 Å². The van der Waals surface area contributed by atoms with E-state index < -0.39 is 0 Å². The minimum absolute atomic E-state index is 0.0236. The predicted molar refractivity (Wildman–Crippen MR) is 82.3 cm³/mol. The van der Waals surface area contributed by atoms with Crippen LogP contribution in [0.4, 0.5) is 0 Å². The van der Waals surface area contributed by atoms with Crippen molar-refractivity contribution in [2.45, 2.75) is 38.2 Å². The third-order valence-electron chi connectivity index (χ3n) is 3.85. The van der Waals surface area contributed by atoms with Crippen LogP contribution < -0.4 is 0 Å². The number of likely N-dealkylation sites (tertiary alicyclic amines) is 1. The molecule has 1 aliphatic rings. The minimum Gasteiger partial charge on any atom is -0.393 e. The first-order valence-corrected chi connectivity index (χ1v) is 7.62. The summed E-state index contributed by atoms with van der Waals surface area (Å²) in [6.45, 7) is 5.36. The molecule has 0 bridgehead atoms. The van der Waals surface area contributed by atoms with E-state index in [4.69, 9.17) is 0 Å². The van der Waals surface area contributed by atoms with E-state index in [0.717, 1.165) is 5.69 Å². The van der Waals surface area contributed by atoms with E-state index >= 15 is 0 Å². The van der Waals surface area contributed by atoms with Crippen LogP contribution in [0.3, 0.4) is 0 Å². The Morgan fingerprint density at radius 3 is 2.75 bits per heavy atom. The number of nitrogens with zero attached hydrogens (tertiary/aromatic N) is 2. The molecule has 2 heterocycles. The molecule has 1 N–H and O–H groups in total. The number of rotatable bonds is 3. The quantitative estimate of drug-likeness (QED) is 0.837. The van der Waals surface area contributed by atoms with Crippen LogP contribution in [0.2, 0.25) is 0 Å². The highest BCUT2D eigenvalue weighted by Crippen LogP contribution is 2.24. The molecule has 0 radical (unpaired) electrons. The van der Waals surface area contributed by atoms with Crippen molar-refractivity contribution in [3.63, 3.8) is 0 Å². The summed E-state index contributed by atoms with van der Waals surface area (Å²) >= 11 is 4.35. The summed E-state index contributed by atoms with van der Waals surface area (Å²) in [5.74, 6) is 0.698. The number of carbonyl (C=O) groups is 1. The molecule has 1 aromatic heterocycles. The van der Waals surface area contributed by atoms with Gasteiger partial charge >= 0.3 is 0 Å². The number of piperidine rings is 1. The van der Waals surface area contributed by atoms with Crippen molar-refractivity contribution >= 4 is 18.5 Å². The molecule has 1 aromatic rings. The van der Waals surface area contributed by atoms with E-state index in [-0.39, 0.29) is 17.4 Å². The van der Waals surface area contributed by atoms with Gasteiger partial charge in [0.1, 0.15) is 0 Å². The molecule has 1 saturated heterocycles. The number of amides is 1. The van der Waals surface area contributed by atoms with Crippen molar-refractivity contribution in [1.29, 1.82) is 0 Å². The second-order valence-electron chi connectivity index (χ2n) is 6.00. The van der Waals surface area contributed by atoms with Gasteiger partial charge in [-0.05, 0) is 25.0 Å². The lowest BCUT2D eigenvalue weighted by Crippen LogP contribution is -2.40. The highest BCUT2D eigenvalue weighted by atomic mass is 32.1. The van der Waals surface area contributed by atoms with Gasteiger partial charge in [-0.3, -0.25) is 9.78 Å². The van der Waals surface area contributed by atoms with Crippen molar-refractivity contribution in [2.24, 2.45) is 0 Å². The third kappa shape index (κ3) is 3.33. The molecule has 1 aliphatic heterocycles. The molecule has 4 nitrogen and oxygen atoms in total. The van der Waals surface area contributed by atoms with Gasteiger partial charge in [-0.2, -0.15) is 12.6 Å². The summed E-state index contributed by atoms with van der Waals surface area (Å²) in [7, 11) is 0. The maximum Gasteiger partial charge on any atom is 0.253 e. The fraction of sp³-hybridized carbons (Fsp3) is 0.600. The van der Waals surface area contributed by atoms with Gasteiger partial charge < -0.3 is 10.0 Å². The summed E-state index contributed by atoms with van der Waals surface area (Å²) in [4.78, 5) is 18.6. The minimum atomic E-state index is -0.268. The lowest BCUT2D eigenvalue weighted by Gasteiger charge is -2.30. The first-order valence-electron chi connectivity index (χ1n) is 6.99. The molecule has 0 spiro atoms. The van der Waals surface area contributed by atoms with E-state index in [9.17, 15) is 9.90 Å². The molecule has 2 rings (SSSR count). The number of hydrogen-bond acceptors (Lipinski definition) is 4. The average Bonchev–Trinajstić information content (AvgIpc) is 2.47. The van der Waals surface area contributed by atoms with Crippen LogP contribution in [0.5, 0.6) is 0 Å². The smallest absolute Gasteiger partial charge is 0.253 e. The molecular formula is C15H22N2O2S. The predicted octanol–water partition coefficient (Wildman–Crippen LogP) is 1.89. The van der Waals surface area contributed by atoms with Crippen LogP contribution in [0.25, 0.3) is 0 Å². The number of hydrogen-bond donors (Lipinski definition) is 2. The average molecular weight is 294 g/mol. The van der Waals surface area contributed by atoms with E-state index in [1.807, 2.05) is 6.07 Å². The normalized spacial score (nSPS) is 17.3. The van der Waals surface area contributed by atoms with Crippen LogP contribution in [-0.2, 0) is 5.41 Å². The summed E-state index contributed by atoms with van der Waals surface area (Å²) in [6, 6.07) is 3.62. The molecule has 110 valence electrons. The van der Waals surface area contributed by atoms with Gasteiger partial charge in [-0.1, -0.05) is 13.8 Å². The monoisotopic (exact) mass is 294 g/mol. The fourth-order valence-corrected chi connectivity index (χ4v) is 2.43. The van der Waals surface area contributed by atoms with Crippen molar-refractivity contribution < 1.29 is 9.90 Å². The standard InChI is InChI=1S/C15H22N2O2S/c1-15(2,10-20)13-9-11(3-6-16-13)14(19)17-7-4-12(18)5-8-17/h3,6,9,12,18,20H,4-5,7-8,10H2,1-2H3. The zero-order valence-electron chi connectivity index (χ0n) is 12.0. The number of carbonyl (C=O) groups excluding carboxylic acids is 1. The summed E-state index contributed by atoms with van der Waals surface area (Å²) in [5, 5.41) is 9.51. The van der Waals surface area contributed by atoms with Gasteiger partial charge in [0.25, 0.3) is 5.91 Å². The van der Waals surface area contributed by atoms with E-state index in [1.54, 1.807) is 17.2 Å². The third-order valence-corrected chi connectivity index (χ3v) is 4.64. The first kappa shape index (κ1) is 15.3. The molecule has 0 unspecified atom stereocenters. The molecule has 0 saturated carbocycles. The SMILES string of the molecule is CC(C)(CS)c1cc(C(=O)N2CCC(O)CC2)ccn1. The number of pyridine rings is 1. The van der Waals surface area contributed by atoms with E-state index in [1.165, 1.54) is 0 Å². The summed E-state index contributed by atoms with van der Waals surface area (Å²) in [5.41, 5.74) is 1.40. The summed E-state index contributed by atoms with van der Waals surface area (Å²) in [6.07, 6.45) is 2.74. The molecule has 1 fully saturated rings. The van der Waals surface area contributed by atoms with Crippen LogP contribution >= 0.6 is 12.6 Å². The Bertz CT molecular complexity index is 483. The Morgan fingerprint density at radius 1 is 1.50 bits per heavy atom. The Hall–Kier alpha value is -1.07. The van der Waals surface area contributed by atoms with Gasteiger partial charge in [0.05, 0.1) is 6.10 Å². The lowest BCUT2D eigenvalue weighted by atomic mass is 9.90. The highest BCUT2D eigenvalue weighted by Gasteiger charge is 2.25. The molecule has 1 amide bonds. The first-order chi connectivity index (χ1) is 9.44. The second kappa shape index (κ2) is 6.14. The number of aliphatic hydroxyl groups excluding tert-OH is 1. The van der Waals surface area contributed by atoms with Crippen molar-refractivity contribution in [1.82, 2.24) is 9.88 Å². The van der Waals surface area contributed by atoms with Crippen molar-refractivity contribution in [3.05, 3.63) is 29.6 Å². The van der Waals surface area contributed by atoms with Crippen LogP contribution in [0.1, 0.15) is 42.7 Å². The molecule has 0 atom stereocenters. The van der Waals surface area contributed by atoms with E-state index in [0.29, 0.717) is 37.2 Å². The molecule has 0 aliphatic carbocycles. The Labute approximate surface area is 125 Å². The maximum absolute atomic E-state index is 12.5. The van der Waals surface area contributed by atoms with Crippen LogP contribution in [0.15, 0.2) is 18.3 Å². The lowest BCUT2D eigenvalue weighted by molar-refractivity contribution is 0.0546. The molecule has 20 heavy (non-hydrogen) atoms.